The molecule has 2 N–H and O–H groups in total. The number of benzene rings is 2. The van der Waals surface area contributed by atoms with Crippen molar-refractivity contribution >= 4 is 17.5 Å². The molecule has 2 aromatic carbocycles. The minimum atomic E-state index is -0.107. The lowest BCUT2D eigenvalue weighted by Crippen LogP contribution is -2.49. The summed E-state index contributed by atoms with van der Waals surface area (Å²) < 4.78 is 0. The maximum Gasteiger partial charge on any atom is 0.253 e. The molecule has 164 valence electrons. The van der Waals surface area contributed by atoms with E-state index in [4.69, 9.17) is 0 Å². The second kappa shape index (κ2) is 10.1. The van der Waals surface area contributed by atoms with E-state index in [9.17, 15) is 9.59 Å². The molecule has 2 aliphatic rings. The van der Waals surface area contributed by atoms with Crippen LogP contribution in [0, 0.1) is 0 Å². The largest absolute Gasteiger partial charge is 0.349 e. The molecular formula is C25H32N4O2. The molecule has 0 aromatic heterocycles. The van der Waals surface area contributed by atoms with Crippen LogP contribution in [0.15, 0.2) is 54.6 Å². The molecule has 4 rings (SSSR count). The van der Waals surface area contributed by atoms with Gasteiger partial charge in [-0.1, -0.05) is 55.3 Å². The number of carbonyl (C=O) groups is 2. The first-order valence-electron chi connectivity index (χ1n) is 11.3. The summed E-state index contributed by atoms with van der Waals surface area (Å²) in [5.41, 5.74) is 2.33. The summed E-state index contributed by atoms with van der Waals surface area (Å²) in [6.07, 6.45) is 4.39. The molecule has 0 spiro atoms. The number of hydrogen-bond donors (Lipinski definition) is 2. The van der Waals surface area contributed by atoms with Gasteiger partial charge in [-0.25, -0.2) is 0 Å². The quantitative estimate of drug-likeness (QED) is 0.753. The van der Waals surface area contributed by atoms with Gasteiger partial charge in [0, 0.05) is 31.7 Å². The highest BCUT2D eigenvalue weighted by atomic mass is 16.2. The van der Waals surface area contributed by atoms with Crippen LogP contribution in [-0.4, -0.2) is 60.9 Å². The van der Waals surface area contributed by atoms with Crippen LogP contribution in [0.2, 0.25) is 0 Å². The Hall–Kier alpha value is -2.70. The highest BCUT2D eigenvalue weighted by Crippen LogP contribution is 2.25. The molecule has 6 nitrogen and oxygen atoms in total. The molecule has 2 aromatic rings. The Bertz CT molecular complexity index is 895. The first-order chi connectivity index (χ1) is 15.1. The minimum Gasteiger partial charge on any atom is -0.349 e. The zero-order chi connectivity index (χ0) is 21.6. The van der Waals surface area contributed by atoms with Gasteiger partial charge in [-0.05, 0) is 37.6 Å². The molecule has 1 unspecified atom stereocenters. The van der Waals surface area contributed by atoms with E-state index >= 15 is 0 Å². The Morgan fingerprint density at radius 1 is 0.968 bits per heavy atom. The number of likely N-dealkylation sites (N-methyl/N-ethyl adjacent to an activating group) is 1. The summed E-state index contributed by atoms with van der Waals surface area (Å²) in [4.78, 5) is 30.3. The zero-order valence-corrected chi connectivity index (χ0v) is 18.2. The molecule has 1 atom stereocenters. The van der Waals surface area contributed by atoms with Crippen molar-refractivity contribution in [2.45, 2.75) is 37.8 Å². The second-order valence-corrected chi connectivity index (χ2v) is 8.71. The number of amides is 2. The predicted molar refractivity (Wildman–Crippen MR) is 123 cm³/mol. The summed E-state index contributed by atoms with van der Waals surface area (Å²) in [5.74, 6) is -0.198. The van der Waals surface area contributed by atoms with Crippen molar-refractivity contribution in [1.29, 1.82) is 0 Å². The Labute approximate surface area is 184 Å². The van der Waals surface area contributed by atoms with Gasteiger partial charge in [0.25, 0.3) is 5.91 Å². The van der Waals surface area contributed by atoms with E-state index in [1.54, 1.807) is 12.1 Å². The summed E-state index contributed by atoms with van der Waals surface area (Å²) in [6, 6.07) is 18.0. The Balaban J connectivity index is 1.43. The highest BCUT2D eigenvalue weighted by Gasteiger charge is 2.28. The van der Waals surface area contributed by atoms with Gasteiger partial charge >= 0.3 is 0 Å². The SMILES string of the molecule is CN1CCN(CC(=O)Nc2ccccc2C(=O)NC2CCCC2)C(c2ccccc2)C1. The second-order valence-electron chi connectivity index (χ2n) is 8.71. The van der Waals surface area contributed by atoms with Crippen LogP contribution in [0.4, 0.5) is 5.69 Å². The fourth-order valence-electron chi connectivity index (χ4n) is 4.64. The van der Waals surface area contributed by atoms with Gasteiger partial charge in [0.05, 0.1) is 17.8 Å². The molecule has 1 saturated heterocycles. The third-order valence-corrected chi connectivity index (χ3v) is 6.36. The molecule has 1 aliphatic carbocycles. The monoisotopic (exact) mass is 420 g/mol. The third-order valence-electron chi connectivity index (χ3n) is 6.36. The number of rotatable bonds is 6. The Kier molecular flexibility index (Phi) is 6.99. The maximum atomic E-state index is 13.0. The smallest absolute Gasteiger partial charge is 0.253 e. The van der Waals surface area contributed by atoms with E-state index in [1.807, 2.05) is 30.3 Å². The fraction of sp³-hybridized carbons (Fsp3) is 0.440. The van der Waals surface area contributed by atoms with Crippen LogP contribution in [0.1, 0.15) is 47.6 Å². The van der Waals surface area contributed by atoms with Crippen molar-refractivity contribution in [3.05, 3.63) is 65.7 Å². The predicted octanol–water partition coefficient (Wildman–Crippen LogP) is 3.29. The number of nitrogens with one attached hydrogen (secondary N) is 2. The first-order valence-corrected chi connectivity index (χ1v) is 11.3. The summed E-state index contributed by atoms with van der Waals surface area (Å²) in [7, 11) is 2.12. The van der Waals surface area contributed by atoms with Crippen LogP contribution in [-0.2, 0) is 4.79 Å². The van der Waals surface area contributed by atoms with Gasteiger partial charge in [-0.3, -0.25) is 14.5 Å². The molecule has 1 saturated carbocycles. The number of hydrogen-bond acceptors (Lipinski definition) is 4. The minimum absolute atomic E-state index is 0.0911. The number of piperazine rings is 1. The molecular weight excluding hydrogens is 388 g/mol. The lowest BCUT2D eigenvalue weighted by atomic mass is 10.0. The lowest BCUT2D eigenvalue weighted by molar-refractivity contribution is -0.118. The molecule has 1 aliphatic heterocycles. The van der Waals surface area contributed by atoms with Crippen molar-refractivity contribution in [3.8, 4) is 0 Å². The van der Waals surface area contributed by atoms with Crippen LogP contribution in [0.25, 0.3) is 0 Å². The number of nitrogens with zero attached hydrogens (tertiary/aromatic N) is 2. The normalized spacial score (nSPS) is 20.5. The number of carbonyl (C=O) groups excluding carboxylic acids is 2. The van der Waals surface area contributed by atoms with Gasteiger partial charge in [0.2, 0.25) is 5.91 Å². The van der Waals surface area contributed by atoms with Crippen molar-refractivity contribution in [3.63, 3.8) is 0 Å². The van der Waals surface area contributed by atoms with Crippen molar-refractivity contribution in [1.82, 2.24) is 15.1 Å². The van der Waals surface area contributed by atoms with E-state index in [-0.39, 0.29) is 23.9 Å². The fourth-order valence-corrected chi connectivity index (χ4v) is 4.64. The summed E-state index contributed by atoms with van der Waals surface area (Å²) >= 11 is 0. The molecule has 2 amide bonds. The molecule has 31 heavy (non-hydrogen) atoms. The standard InChI is InChI=1S/C25H32N4O2/c1-28-15-16-29(23(17-28)19-9-3-2-4-10-19)18-24(30)27-22-14-8-7-13-21(22)25(31)26-20-11-5-6-12-20/h2-4,7-10,13-14,20,23H,5-6,11-12,15-18H2,1H3,(H,26,31)(H,27,30). The van der Waals surface area contributed by atoms with Gasteiger partial charge in [-0.15, -0.1) is 0 Å². The highest BCUT2D eigenvalue weighted by molar-refractivity contribution is 6.04. The van der Waals surface area contributed by atoms with E-state index in [1.165, 1.54) is 5.56 Å². The molecule has 0 radical (unpaired) electrons. The van der Waals surface area contributed by atoms with Gasteiger partial charge in [0.15, 0.2) is 0 Å². The number of anilines is 1. The summed E-state index contributed by atoms with van der Waals surface area (Å²) in [6.45, 7) is 2.94. The Morgan fingerprint density at radius 3 is 2.45 bits per heavy atom. The van der Waals surface area contributed by atoms with E-state index in [2.05, 4.69) is 39.6 Å². The maximum absolute atomic E-state index is 13.0. The van der Waals surface area contributed by atoms with Crippen LogP contribution < -0.4 is 10.6 Å². The van der Waals surface area contributed by atoms with Crippen LogP contribution >= 0.6 is 0 Å². The average molecular weight is 421 g/mol. The molecule has 6 heteroatoms. The first kappa shape index (κ1) is 21.5. The average Bonchev–Trinajstić information content (AvgIpc) is 3.29. The van der Waals surface area contributed by atoms with E-state index in [0.717, 1.165) is 45.3 Å². The zero-order valence-electron chi connectivity index (χ0n) is 18.2. The van der Waals surface area contributed by atoms with Crippen LogP contribution in [0.5, 0.6) is 0 Å². The van der Waals surface area contributed by atoms with Gasteiger partial charge in [-0.2, -0.15) is 0 Å². The molecule has 1 heterocycles. The topological polar surface area (TPSA) is 64.7 Å². The van der Waals surface area contributed by atoms with E-state index < -0.39 is 0 Å². The molecule has 2 fully saturated rings. The lowest BCUT2D eigenvalue weighted by Gasteiger charge is -2.40. The molecule has 0 bridgehead atoms. The van der Waals surface area contributed by atoms with Crippen molar-refractivity contribution < 1.29 is 9.59 Å². The summed E-state index contributed by atoms with van der Waals surface area (Å²) in [5, 5.41) is 6.11. The van der Waals surface area contributed by atoms with Crippen molar-refractivity contribution in [2.24, 2.45) is 0 Å². The Morgan fingerprint density at radius 2 is 1.68 bits per heavy atom. The van der Waals surface area contributed by atoms with Crippen molar-refractivity contribution in [2.75, 3.05) is 38.5 Å². The van der Waals surface area contributed by atoms with Gasteiger partial charge < -0.3 is 15.5 Å². The van der Waals surface area contributed by atoms with Gasteiger partial charge in [0.1, 0.15) is 0 Å². The van der Waals surface area contributed by atoms with E-state index in [0.29, 0.717) is 17.8 Å². The third kappa shape index (κ3) is 5.51. The van der Waals surface area contributed by atoms with Crippen LogP contribution in [0.3, 0.4) is 0 Å². The number of para-hydroxylation sites is 1.